The molecule has 1 atom stereocenters. The van der Waals surface area contributed by atoms with Crippen LogP contribution in [0.25, 0.3) is 0 Å². The van der Waals surface area contributed by atoms with Crippen molar-refractivity contribution in [2.45, 2.75) is 45.2 Å². The van der Waals surface area contributed by atoms with E-state index in [2.05, 4.69) is 12.2 Å². The highest BCUT2D eigenvalue weighted by molar-refractivity contribution is 6.07. The molecule has 0 spiro atoms. The first kappa shape index (κ1) is 17.2. The number of aryl methyl sites for hydroxylation is 1. The molecule has 0 radical (unpaired) electrons. The Kier molecular flexibility index (Phi) is 4.88. The van der Waals surface area contributed by atoms with Gasteiger partial charge in [-0.15, -0.1) is 0 Å². The largest absolute Gasteiger partial charge is 0.325 e. The van der Waals surface area contributed by atoms with Gasteiger partial charge in [0.2, 0.25) is 0 Å². The van der Waals surface area contributed by atoms with Crippen LogP contribution in [0.5, 0.6) is 0 Å². The number of nitrogens with zero attached hydrogens (tertiary/aromatic N) is 1. The van der Waals surface area contributed by atoms with Crippen LogP contribution in [-0.2, 0) is 16.9 Å². The summed E-state index contributed by atoms with van der Waals surface area (Å²) in [7, 11) is 0. The fourth-order valence-corrected chi connectivity index (χ4v) is 3.40. The van der Waals surface area contributed by atoms with E-state index in [1.165, 1.54) is 4.90 Å². The molecule has 3 amide bonds. The van der Waals surface area contributed by atoms with E-state index in [-0.39, 0.29) is 11.9 Å². The van der Waals surface area contributed by atoms with Crippen molar-refractivity contribution >= 4 is 11.9 Å². The van der Waals surface area contributed by atoms with Crippen molar-refractivity contribution in [2.24, 2.45) is 0 Å². The van der Waals surface area contributed by atoms with Crippen LogP contribution >= 0.6 is 0 Å². The molecule has 1 N–H and O–H groups in total. The number of rotatable bonds is 6. The molecule has 0 saturated carbocycles. The summed E-state index contributed by atoms with van der Waals surface area (Å²) in [6.45, 7) is 4.39. The molecule has 1 aliphatic heterocycles. The Morgan fingerprint density at radius 2 is 1.68 bits per heavy atom. The van der Waals surface area contributed by atoms with E-state index in [1.807, 2.05) is 61.5 Å². The predicted octanol–water partition coefficient (Wildman–Crippen LogP) is 4.13. The molecular weight excluding hydrogens is 312 g/mol. The zero-order chi connectivity index (χ0) is 17.9. The van der Waals surface area contributed by atoms with Gasteiger partial charge in [-0.25, -0.2) is 4.79 Å². The molecule has 1 aliphatic rings. The lowest BCUT2D eigenvalue weighted by Crippen LogP contribution is -2.44. The van der Waals surface area contributed by atoms with E-state index < -0.39 is 5.54 Å². The van der Waals surface area contributed by atoms with Crippen LogP contribution in [0.2, 0.25) is 0 Å². The number of nitrogens with one attached hydrogen (secondary N) is 1. The minimum Gasteiger partial charge on any atom is -0.319 e. The minimum absolute atomic E-state index is 0.152. The molecule has 2 aromatic rings. The number of benzene rings is 2. The van der Waals surface area contributed by atoms with Gasteiger partial charge in [0, 0.05) is 0 Å². The van der Waals surface area contributed by atoms with Crippen molar-refractivity contribution < 1.29 is 9.59 Å². The van der Waals surface area contributed by atoms with Gasteiger partial charge in [-0.3, -0.25) is 9.69 Å². The van der Waals surface area contributed by atoms with Gasteiger partial charge >= 0.3 is 6.03 Å². The van der Waals surface area contributed by atoms with Crippen molar-refractivity contribution in [2.75, 3.05) is 0 Å². The molecule has 0 aliphatic carbocycles. The Morgan fingerprint density at radius 1 is 1.00 bits per heavy atom. The van der Waals surface area contributed by atoms with Crippen LogP contribution in [0, 0.1) is 6.92 Å². The summed E-state index contributed by atoms with van der Waals surface area (Å²) in [6, 6.07) is 17.1. The van der Waals surface area contributed by atoms with Crippen LogP contribution in [-0.4, -0.2) is 16.8 Å². The number of carbonyl (C=O) groups is 2. The van der Waals surface area contributed by atoms with Gasteiger partial charge in [0.1, 0.15) is 5.54 Å². The summed E-state index contributed by atoms with van der Waals surface area (Å²) in [4.78, 5) is 27.3. The normalized spacial score (nSPS) is 20.0. The number of imide groups is 1. The third kappa shape index (κ3) is 3.16. The first-order chi connectivity index (χ1) is 12.1. The van der Waals surface area contributed by atoms with Crippen LogP contribution in [0.15, 0.2) is 54.6 Å². The average Bonchev–Trinajstić information content (AvgIpc) is 2.87. The molecule has 2 aromatic carbocycles. The smallest absolute Gasteiger partial charge is 0.319 e. The minimum atomic E-state index is -0.947. The number of amides is 3. The van der Waals surface area contributed by atoms with Crippen molar-refractivity contribution in [3.05, 3.63) is 71.3 Å². The van der Waals surface area contributed by atoms with Crippen LogP contribution < -0.4 is 5.32 Å². The van der Waals surface area contributed by atoms with Crippen LogP contribution in [0.3, 0.4) is 0 Å². The van der Waals surface area contributed by atoms with Crippen molar-refractivity contribution in [3.8, 4) is 0 Å². The van der Waals surface area contributed by atoms with Gasteiger partial charge in [0.05, 0.1) is 6.54 Å². The molecular formula is C21H24N2O2. The molecule has 4 heteroatoms. The summed E-state index contributed by atoms with van der Waals surface area (Å²) in [6.07, 6.45) is 2.46. The molecule has 1 unspecified atom stereocenters. The lowest BCUT2D eigenvalue weighted by atomic mass is 9.85. The lowest BCUT2D eigenvalue weighted by molar-refractivity contribution is -0.132. The Hall–Kier alpha value is -2.62. The number of hydrogen-bond acceptors (Lipinski definition) is 2. The fourth-order valence-electron chi connectivity index (χ4n) is 3.40. The average molecular weight is 336 g/mol. The van der Waals surface area contributed by atoms with E-state index in [9.17, 15) is 9.59 Å². The number of unbranched alkanes of at least 4 members (excludes halogenated alkanes) is 1. The fraction of sp³-hybridized carbons (Fsp3) is 0.333. The highest BCUT2D eigenvalue weighted by atomic mass is 16.2. The topological polar surface area (TPSA) is 49.4 Å². The third-order valence-corrected chi connectivity index (χ3v) is 4.94. The second-order valence-corrected chi connectivity index (χ2v) is 6.62. The predicted molar refractivity (Wildman–Crippen MR) is 97.9 cm³/mol. The molecule has 25 heavy (non-hydrogen) atoms. The number of urea groups is 1. The molecule has 0 bridgehead atoms. The van der Waals surface area contributed by atoms with Gasteiger partial charge in [0.15, 0.2) is 0 Å². The second-order valence-electron chi connectivity index (χ2n) is 6.62. The Labute approximate surface area is 148 Å². The molecule has 4 nitrogen and oxygen atoms in total. The standard InChI is InChI=1S/C21H24N2O2/c1-3-4-14-21(18-12-6-5-7-13-18)19(24)23(20(25)22-21)15-17-11-9-8-10-16(17)2/h5-13H,3-4,14-15H2,1-2H3,(H,22,25). The monoisotopic (exact) mass is 336 g/mol. The maximum Gasteiger partial charge on any atom is 0.325 e. The highest BCUT2D eigenvalue weighted by Gasteiger charge is 2.51. The molecule has 1 saturated heterocycles. The van der Waals surface area contributed by atoms with Gasteiger partial charge in [0.25, 0.3) is 5.91 Å². The number of carbonyl (C=O) groups excluding carboxylic acids is 2. The van der Waals surface area contributed by atoms with Crippen molar-refractivity contribution in [3.63, 3.8) is 0 Å². The summed E-state index contributed by atoms with van der Waals surface area (Å²) < 4.78 is 0. The van der Waals surface area contributed by atoms with Gasteiger partial charge in [-0.05, 0) is 30.0 Å². The van der Waals surface area contributed by atoms with Crippen LogP contribution in [0.1, 0.15) is 42.9 Å². The second kappa shape index (κ2) is 7.09. The molecule has 3 rings (SSSR count). The first-order valence-electron chi connectivity index (χ1n) is 8.82. The van der Waals surface area contributed by atoms with E-state index in [1.54, 1.807) is 0 Å². The van der Waals surface area contributed by atoms with Crippen molar-refractivity contribution in [1.29, 1.82) is 0 Å². The summed E-state index contributed by atoms with van der Waals surface area (Å²) in [5.41, 5.74) is 1.98. The summed E-state index contributed by atoms with van der Waals surface area (Å²) >= 11 is 0. The summed E-state index contributed by atoms with van der Waals surface area (Å²) in [5, 5.41) is 3.00. The first-order valence-corrected chi connectivity index (χ1v) is 8.82. The van der Waals surface area contributed by atoms with Crippen LogP contribution in [0.4, 0.5) is 4.79 Å². The van der Waals surface area contributed by atoms with E-state index in [0.717, 1.165) is 29.5 Å². The van der Waals surface area contributed by atoms with E-state index >= 15 is 0 Å². The Balaban J connectivity index is 1.95. The van der Waals surface area contributed by atoms with Gasteiger partial charge in [-0.2, -0.15) is 0 Å². The maximum atomic E-state index is 13.3. The van der Waals surface area contributed by atoms with E-state index in [0.29, 0.717) is 13.0 Å². The zero-order valence-corrected chi connectivity index (χ0v) is 14.8. The third-order valence-electron chi connectivity index (χ3n) is 4.94. The van der Waals surface area contributed by atoms with Crippen molar-refractivity contribution in [1.82, 2.24) is 10.2 Å². The SMILES string of the molecule is CCCCC1(c2ccccc2)NC(=O)N(Cc2ccccc2C)C1=O. The zero-order valence-electron chi connectivity index (χ0n) is 14.8. The molecule has 0 aromatic heterocycles. The molecule has 1 heterocycles. The number of hydrogen-bond donors (Lipinski definition) is 1. The lowest BCUT2D eigenvalue weighted by Gasteiger charge is -2.27. The summed E-state index contributed by atoms with van der Waals surface area (Å²) in [5.74, 6) is -0.152. The van der Waals surface area contributed by atoms with Gasteiger partial charge < -0.3 is 5.32 Å². The molecule has 130 valence electrons. The molecule has 1 fully saturated rings. The Bertz CT molecular complexity index is 772. The highest BCUT2D eigenvalue weighted by Crippen LogP contribution is 2.35. The quantitative estimate of drug-likeness (QED) is 0.806. The van der Waals surface area contributed by atoms with Gasteiger partial charge in [-0.1, -0.05) is 74.4 Å². The Morgan fingerprint density at radius 3 is 2.36 bits per heavy atom. The maximum absolute atomic E-state index is 13.3. The van der Waals surface area contributed by atoms with E-state index in [4.69, 9.17) is 0 Å².